The smallest absolute Gasteiger partial charge is 0.107 e. The molecule has 1 unspecified atom stereocenters. The second-order valence-corrected chi connectivity index (χ2v) is 5.28. The van der Waals surface area contributed by atoms with E-state index in [4.69, 9.17) is 9.73 Å². The number of ether oxygens (including phenoxy) is 1. The van der Waals surface area contributed by atoms with Crippen molar-refractivity contribution >= 4 is 17.2 Å². The van der Waals surface area contributed by atoms with Crippen LogP contribution in [-0.2, 0) is 4.74 Å². The summed E-state index contributed by atoms with van der Waals surface area (Å²) in [6, 6.07) is 8.85. The average Bonchev–Trinajstić information content (AvgIpc) is 2.58. The SMILES string of the molecule is CC1CC(N2CCOCC2)=Nc2ccccc2N1C. The Morgan fingerprint density at radius 3 is 2.74 bits per heavy atom. The zero-order chi connectivity index (χ0) is 13.2. The Kier molecular flexibility index (Phi) is 3.42. The van der Waals surface area contributed by atoms with E-state index in [1.54, 1.807) is 0 Å². The van der Waals surface area contributed by atoms with E-state index in [1.807, 2.05) is 0 Å². The minimum Gasteiger partial charge on any atom is -0.378 e. The molecule has 2 aliphatic heterocycles. The van der Waals surface area contributed by atoms with E-state index in [9.17, 15) is 0 Å². The number of para-hydroxylation sites is 2. The number of fused-ring (bicyclic) bond motifs is 1. The van der Waals surface area contributed by atoms with Crippen molar-refractivity contribution in [3.05, 3.63) is 24.3 Å². The van der Waals surface area contributed by atoms with Crippen LogP contribution in [0.2, 0.25) is 0 Å². The van der Waals surface area contributed by atoms with Gasteiger partial charge in [0.15, 0.2) is 0 Å². The summed E-state index contributed by atoms with van der Waals surface area (Å²) in [7, 11) is 2.15. The number of rotatable bonds is 0. The summed E-state index contributed by atoms with van der Waals surface area (Å²) >= 11 is 0. The maximum atomic E-state index is 5.43. The summed E-state index contributed by atoms with van der Waals surface area (Å²) in [5, 5.41) is 0. The number of amidine groups is 1. The van der Waals surface area contributed by atoms with Crippen LogP contribution >= 0.6 is 0 Å². The van der Waals surface area contributed by atoms with Crippen molar-refractivity contribution in [1.82, 2.24) is 4.90 Å². The van der Waals surface area contributed by atoms with E-state index in [1.165, 1.54) is 11.5 Å². The van der Waals surface area contributed by atoms with Gasteiger partial charge < -0.3 is 14.5 Å². The van der Waals surface area contributed by atoms with Crippen molar-refractivity contribution < 1.29 is 4.74 Å². The molecule has 1 atom stereocenters. The first kappa shape index (κ1) is 12.5. The third kappa shape index (κ3) is 2.45. The molecule has 3 rings (SSSR count). The van der Waals surface area contributed by atoms with Gasteiger partial charge in [0.1, 0.15) is 5.84 Å². The quantitative estimate of drug-likeness (QED) is 0.715. The van der Waals surface area contributed by atoms with Crippen LogP contribution in [0.5, 0.6) is 0 Å². The van der Waals surface area contributed by atoms with Crippen molar-refractivity contribution in [3.63, 3.8) is 0 Å². The van der Waals surface area contributed by atoms with E-state index < -0.39 is 0 Å². The zero-order valence-electron chi connectivity index (χ0n) is 11.7. The van der Waals surface area contributed by atoms with E-state index in [0.29, 0.717) is 6.04 Å². The molecule has 0 saturated carbocycles. The van der Waals surface area contributed by atoms with Gasteiger partial charge in [0, 0.05) is 32.6 Å². The molecule has 0 N–H and O–H groups in total. The van der Waals surface area contributed by atoms with Gasteiger partial charge in [0.05, 0.1) is 24.6 Å². The lowest BCUT2D eigenvalue weighted by Gasteiger charge is -2.31. The fraction of sp³-hybridized carbons (Fsp3) is 0.533. The molecule has 1 fully saturated rings. The van der Waals surface area contributed by atoms with Gasteiger partial charge in [-0.1, -0.05) is 12.1 Å². The highest BCUT2D eigenvalue weighted by Crippen LogP contribution is 2.33. The zero-order valence-corrected chi connectivity index (χ0v) is 11.7. The molecule has 1 aromatic rings. The van der Waals surface area contributed by atoms with E-state index in [-0.39, 0.29) is 0 Å². The van der Waals surface area contributed by atoms with Gasteiger partial charge in [-0.3, -0.25) is 0 Å². The van der Waals surface area contributed by atoms with Gasteiger partial charge in [-0.2, -0.15) is 0 Å². The van der Waals surface area contributed by atoms with Gasteiger partial charge in [-0.05, 0) is 19.1 Å². The summed E-state index contributed by atoms with van der Waals surface area (Å²) in [6.07, 6.45) is 0.991. The molecule has 2 heterocycles. The van der Waals surface area contributed by atoms with Gasteiger partial charge in [0.25, 0.3) is 0 Å². The van der Waals surface area contributed by atoms with E-state index in [2.05, 4.69) is 48.0 Å². The summed E-state index contributed by atoms with van der Waals surface area (Å²) < 4.78 is 5.43. The molecule has 1 aromatic carbocycles. The Morgan fingerprint density at radius 1 is 1.21 bits per heavy atom. The first-order valence-corrected chi connectivity index (χ1v) is 6.98. The summed E-state index contributed by atoms with van der Waals surface area (Å²) in [5.41, 5.74) is 2.30. The minimum absolute atomic E-state index is 0.463. The van der Waals surface area contributed by atoms with Crippen LogP contribution in [0.3, 0.4) is 0 Å². The predicted molar refractivity (Wildman–Crippen MR) is 78.4 cm³/mol. The highest BCUT2D eigenvalue weighted by molar-refractivity contribution is 5.89. The van der Waals surface area contributed by atoms with Gasteiger partial charge in [0.2, 0.25) is 0 Å². The first-order chi connectivity index (χ1) is 9.25. The Morgan fingerprint density at radius 2 is 1.95 bits per heavy atom. The molecule has 4 nitrogen and oxygen atoms in total. The topological polar surface area (TPSA) is 28.1 Å². The van der Waals surface area contributed by atoms with Crippen LogP contribution < -0.4 is 4.90 Å². The number of benzene rings is 1. The van der Waals surface area contributed by atoms with Crippen LogP contribution in [-0.4, -0.2) is 50.1 Å². The van der Waals surface area contributed by atoms with Crippen molar-refractivity contribution in [2.75, 3.05) is 38.3 Å². The number of hydrogen-bond acceptors (Lipinski definition) is 4. The molecule has 0 amide bonds. The van der Waals surface area contributed by atoms with Gasteiger partial charge >= 0.3 is 0 Å². The van der Waals surface area contributed by atoms with Gasteiger partial charge in [-0.25, -0.2) is 4.99 Å². The fourth-order valence-electron chi connectivity index (χ4n) is 2.70. The number of morpholine rings is 1. The second-order valence-electron chi connectivity index (χ2n) is 5.28. The Labute approximate surface area is 114 Å². The molecule has 1 saturated heterocycles. The van der Waals surface area contributed by atoms with Crippen LogP contribution in [0.1, 0.15) is 13.3 Å². The van der Waals surface area contributed by atoms with Crippen LogP contribution in [0.15, 0.2) is 29.3 Å². The molecular formula is C15H21N3O. The van der Waals surface area contributed by atoms with Crippen molar-refractivity contribution in [1.29, 1.82) is 0 Å². The monoisotopic (exact) mass is 259 g/mol. The molecule has 102 valence electrons. The molecule has 0 aromatic heterocycles. The van der Waals surface area contributed by atoms with E-state index in [0.717, 1.165) is 38.4 Å². The Bertz CT molecular complexity index is 480. The third-order valence-corrected chi connectivity index (χ3v) is 4.03. The molecule has 0 spiro atoms. The lowest BCUT2D eigenvalue weighted by molar-refractivity contribution is 0.0671. The Balaban J connectivity index is 1.95. The van der Waals surface area contributed by atoms with Crippen molar-refractivity contribution in [2.45, 2.75) is 19.4 Å². The van der Waals surface area contributed by atoms with Crippen molar-refractivity contribution in [2.24, 2.45) is 4.99 Å². The van der Waals surface area contributed by atoms with Crippen LogP contribution in [0, 0.1) is 0 Å². The lowest BCUT2D eigenvalue weighted by atomic mass is 10.1. The predicted octanol–water partition coefficient (Wildman–Crippen LogP) is 2.28. The molecule has 4 heteroatoms. The third-order valence-electron chi connectivity index (χ3n) is 4.03. The van der Waals surface area contributed by atoms with E-state index >= 15 is 0 Å². The number of anilines is 1. The number of aliphatic imine (C=N–C) groups is 1. The average molecular weight is 259 g/mol. The minimum atomic E-state index is 0.463. The maximum absolute atomic E-state index is 5.43. The summed E-state index contributed by atoms with van der Waals surface area (Å²) in [5.74, 6) is 1.20. The van der Waals surface area contributed by atoms with Crippen molar-refractivity contribution in [3.8, 4) is 0 Å². The lowest BCUT2D eigenvalue weighted by Crippen LogP contribution is -2.43. The highest BCUT2D eigenvalue weighted by Gasteiger charge is 2.24. The first-order valence-electron chi connectivity index (χ1n) is 6.98. The van der Waals surface area contributed by atoms with Gasteiger partial charge in [-0.15, -0.1) is 0 Å². The molecule has 0 radical (unpaired) electrons. The molecular weight excluding hydrogens is 238 g/mol. The molecule has 0 aliphatic carbocycles. The summed E-state index contributed by atoms with van der Waals surface area (Å²) in [4.78, 5) is 9.61. The largest absolute Gasteiger partial charge is 0.378 e. The highest BCUT2D eigenvalue weighted by atomic mass is 16.5. The van der Waals surface area contributed by atoms with Crippen LogP contribution in [0.25, 0.3) is 0 Å². The molecule has 2 aliphatic rings. The summed E-state index contributed by atoms with van der Waals surface area (Å²) in [6.45, 7) is 5.79. The normalized spacial score (nSPS) is 23.7. The van der Waals surface area contributed by atoms with Crippen LogP contribution in [0.4, 0.5) is 11.4 Å². The standard InChI is InChI=1S/C15H21N3O/c1-12-11-15(18-7-9-19-10-8-18)16-13-5-3-4-6-14(13)17(12)2/h3-6,12H,7-11H2,1-2H3. The molecule has 19 heavy (non-hydrogen) atoms. The fourth-order valence-corrected chi connectivity index (χ4v) is 2.70. The second kappa shape index (κ2) is 5.21. The number of nitrogens with zero attached hydrogens (tertiary/aromatic N) is 3. The molecule has 0 bridgehead atoms. The maximum Gasteiger partial charge on any atom is 0.107 e. The Hall–Kier alpha value is -1.55. The number of hydrogen-bond donors (Lipinski definition) is 0.